The van der Waals surface area contributed by atoms with Crippen LogP contribution in [-0.2, 0) is 5.75 Å². The Morgan fingerprint density at radius 1 is 1.30 bits per heavy atom. The van der Waals surface area contributed by atoms with Gasteiger partial charge in [-0.05, 0) is 37.5 Å². The van der Waals surface area contributed by atoms with E-state index < -0.39 is 0 Å². The SMILES string of the molecule is Cc1ccc2nc(CSC3CCCCC3N3CCC=N3)oc2c1. The van der Waals surface area contributed by atoms with E-state index in [1.165, 1.54) is 31.2 Å². The van der Waals surface area contributed by atoms with E-state index in [-0.39, 0.29) is 0 Å². The van der Waals surface area contributed by atoms with Gasteiger partial charge in [0.25, 0.3) is 0 Å². The smallest absolute Gasteiger partial charge is 0.205 e. The minimum atomic E-state index is 0.583. The molecule has 0 bridgehead atoms. The van der Waals surface area contributed by atoms with Crippen molar-refractivity contribution in [3.05, 3.63) is 29.7 Å². The van der Waals surface area contributed by atoms with Crippen molar-refractivity contribution in [2.75, 3.05) is 6.54 Å². The normalized spacial score (nSPS) is 24.7. The molecule has 2 unspecified atom stereocenters. The van der Waals surface area contributed by atoms with E-state index in [0.29, 0.717) is 11.3 Å². The molecule has 1 fully saturated rings. The van der Waals surface area contributed by atoms with Crippen molar-refractivity contribution in [1.82, 2.24) is 9.99 Å². The maximum Gasteiger partial charge on any atom is 0.205 e. The lowest BCUT2D eigenvalue weighted by Gasteiger charge is -2.36. The predicted octanol–water partition coefficient (Wildman–Crippen LogP) is 4.37. The third-order valence-corrected chi connectivity index (χ3v) is 6.17. The molecule has 0 radical (unpaired) electrons. The lowest BCUT2D eigenvalue weighted by molar-refractivity contribution is 0.185. The van der Waals surface area contributed by atoms with Crippen LogP contribution in [0.4, 0.5) is 0 Å². The second kappa shape index (κ2) is 6.56. The van der Waals surface area contributed by atoms with Gasteiger partial charge >= 0.3 is 0 Å². The summed E-state index contributed by atoms with van der Waals surface area (Å²) in [7, 11) is 0. The first kappa shape index (κ1) is 15.1. The van der Waals surface area contributed by atoms with Crippen LogP contribution in [-0.4, -0.2) is 34.0 Å². The number of fused-ring (bicyclic) bond motifs is 1. The van der Waals surface area contributed by atoms with Gasteiger partial charge in [-0.1, -0.05) is 18.9 Å². The van der Waals surface area contributed by atoms with Crippen LogP contribution in [0.3, 0.4) is 0 Å². The van der Waals surface area contributed by atoms with Gasteiger partial charge < -0.3 is 4.42 Å². The Bertz CT molecular complexity index is 711. The van der Waals surface area contributed by atoms with Crippen molar-refractivity contribution < 1.29 is 4.42 Å². The summed E-state index contributed by atoms with van der Waals surface area (Å²) >= 11 is 1.99. The molecule has 23 heavy (non-hydrogen) atoms. The van der Waals surface area contributed by atoms with E-state index in [2.05, 4.69) is 40.4 Å². The average Bonchev–Trinajstić information content (AvgIpc) is 3.22. The van der Waals surface area contributed by atoms with E-state index in [4.69, 9.17) is 4.42 Å². The second-order valence-electron chi connectivity index (χ2n) is 6.53. The fourth-order valence-corrected chi connectivity index (χ4v) is 4.91. The van der Waals surface area contributed by atoms with Crippen LogP contribution in [0, 0.1) is 6.92 Å². The van der Waals surface area contributed by atoms with Crippen LogP contribution < -0.4 is 0 Å². The van der Waals surface area contributed by atoms with Gasteiger partial charge in [0.2, 0.25) is 5.89 Å². The Labute approximate surface area is 141 Å². The molecule has 1 aromatic heterocycles. The Balaban J connectivity index is 1.44. The van der Waals surface area contributed by atoms with Crippen LogP contribution in [0.25, 0.3) is 11.1 Å². The van der Waals surface area contributed by atoms with Gasteiger partial charge in [-0.15, -0.1) is 11.8 Å². The number of aromatic nitrogens is 1. The molecule has 2 atom stereocenters. The topological polar surface area (TPSA) is 41.6 Å². The van der Waals surface area contributed by atoms with E-state index in [9.17, 15) is 0 Å². The van der Waals surface area contributed by atoms with Crippen LogP contribution in [0.1, 0.15) is 43.6 Å². The number of aryl methyl sites for hydroxylation is 1. The van der Waals surface area contributed by atoms with Gasteiger partial charge in [0.15, 0.2) is 5.58 Å². The van der Waals surface area contributed by atoms with Gasteiger partial charge in [-0.2, -0.15) is 5.10 Å². The predicted molar refractivity (Wildman–Crippen MR) is 95.9 cm³/mol. The fraction of sp³-hybridized carbons (Fsp3) is 0.556. The monoisotopic (exact) mass is 329 g/mol. The Hall–Kier alpha value is -1.49. The van der Waals surface area contributed by atoms with Crippen LogP contribution in [0.5, 0.6) is 0 Å². The van der Waals surface area contributed by atoms with E-state index >= 15 is 0 Å². The average molecular weight is 329 g/mol. The summed E-state index contributed by atoms with van der Waals surface area (Å²) in [6.45, 7) is 3.17. The van der Waals surface area contributed by atoms with E-state index in [1.54, 1.807) is 0 Å². The van der Waals surface area contributed by atoms with Gasteiger partial charge in [-0.3, -0.25) is 5.01 Å². The van der Waals surface area contributed by atoms with Crippen molar-refractivity contribution in [2.45, 2.75) is 56.1 Å². The molecule has 5 heteroatoms. The molecular weight excluding hydrogens is 306 g/mol. The summed E-state index contributed by atoms with van der Waals surface area (Å²) in [4.78, 5) is 4.63. The highest BCUT2D eigenvalue weighted by Crippen LogP contribution is 2.35. The largest absolute Gasteiger partial charge is 0.440 e. The zero-order chi connectivity index (χ0) is 15.6. The standard InChI is InChI=1S/C18H23N3OS/c1-13-7-8-14-16(11-13)22-18(20-14)12-23-17-6-3-2-5-15(17)21-10-4-9-19-21/h7-9,11,15,17H,2-6,10,12H2,1H3. The first-order valence-corrected chi connectivity index (χ1v) is 9.61. The Morgan fingerprint density at radius 3 is 3.09 bits per heavy atom. The van der Waals surface area contributed by atoms with Crippen molar-refractivity contribution >= 4 is 29.1 Å². The molecule has 2 aliphatic rings. The molecule has 2 aromatic rings. The van der Waals surface area contributed by atoms with Crippen LogP contribution in [0.15, 0.2) is 27.7 Å². The highest BCUT2D eigenvalue weighted by molar-refractivity contribution is 7.99. The summed E-state index contributed by atoms with van der Waals surface area (Å²) in [5.74, 6) is 1.71. The summed E-state index contributed by atoms with van der Waals surface area (Å²) < 4.78 is 5.93. The highest BCUT2D eigenvalue weighted by Gasteiger charge is 2.31. The molecule has 1 aliphatic carbocycles. The maximum atomic E-state index is 5.93. The van der Waals surface area contributed by atoms with Gasteiger partial charge in [0.1, 0.15) is 5.52 Å². The maximum absolute atomic E-state index is 5.93. The zero-order valence-electron chi connectivity index (χ0n) is 13.6. The Kier molecular flexibility index (Phi) is 4.29. The molecule has 1 saturated carbocycles. The number of thioether (sulfide) groups is 1. The van der Waals surface area contributed by atoms with Crippen molar-refractivity contribution in [1.29, 1.82) is 0 Å². The number of hydrogen-bond donors (Lipinski definition) is 0. The number of nitrogens with zero attached hydrogens (tertiary/aromatic N) is 3. The first-order chi connectivity index (χ1) is 11.3. The molecule has 2 heterocycles. The minimum absolute atomic E-state index is 0.583. The number of hydrogen-bond acceptors (Lipinski definition) is 5. The third kappa shape index (κ3) is 3.25. The molecular formula is C18H23N3OS. The quantitative estimate of drug-likeness (QED) is 0.835. The minimum Gasteiger partial charge on any atom is -0.440 e. The van der Waals surface area contributed by atoms with Crippen molar-refractivity contribution in [3.8, 4) is 0 Å². The van der Waals surface area contributed by atoms with Gasteiger partial charge in [-0.25, -0.2) is 4.98 Å². The first-order valence-electron chi connectivity index (χ1n) is 8.56. The molecule has 1 aromatic carbocycles. The molecule has 122 valence electrons. The summed E-state index contributed by atoms with van der Waals surface area (Å²) in [5.41, 5.74) is 3.09. The highest BCUT2D eigenvalue weighted by atomic mass is 32.2. The zero-order valence-corrected chi connectivity index (χ0v) is 14.4. The molecule has 4 nitrogen and oxygen atoms in total. The summed E-state index contributed by atoms with van der Waals surface area (Å²) in [6.07, 6.45) is 8.36. The van der Waals surface area contributed by atoms with Crippen LogP contribution in [0.2, 0.25) is 0 Å². The number of rotatable bonds is 4. The van der Waals surface area contributed by atoms with Crippen LogP contribution >= 0.6 is 11.8 Å². The molecule has 1 aliphatic heterocycles. The number of benzene rings is 1. The van der Waals surface area contributed by atoms with E-state index in [1.807, 2.05) is 17.8 Å². The Morgan fingerprint density at radius 2 is 2.22 bits per heavy atom. The number of hydrazone groups is 1. The van der Waals surface area contributed by atoms with Crippen molar-refractivity contribution in [3.63, 3.8) is 0 Å². The fourth-order valence-electron chi connectivity index (χ4n) is 3.59. The lowest BCUT2D eigenvalue weighted by atomic mass is 9.94. The number of oxazole rings is 1. The van der Waals surface area contributed by atoms with E-state index in [0.717, 1.165) is 35.7 Å². The molecule has 0 amide bonds. The summed E-state index contributed by atoms with van der Waals surface area (Å²) in [5, 5.41) is 7.51. The van der Waals surface area contributed by atoms with Gasteiger partial charge in [0, 0.05) is 24.4 Å². The van der Waals surface area contributed by atoms with Crippen molar-refractivity contribution in [2.24, 2.45) is 5.10 Å². The molecule has 0 saturated heterocycles. The molecule has 0 N–H and O–H groups in total. The lowest BCUT2D eigenvalue weighted by Crippen LogP contribution is -2.40. The van der Waals surface area contributed by atoms with Gasteiger partial charge in [0.05, 0.1) is 11.8 Å². The molecule has 0 spiro atoms. The third-order valence-electron chi connectivity index (χ3n) is 4.78. The summed E-state index contributed by atoms with van der Waals surface area (Å²) in [6, 6.07) is 6.78. The second-order valence-corrected chi connectivity index (χ2v) is 7.76. The molecule has 4 rings (SSSR count).